The molecule has 3 rings (SSSR count). The molecule has 1 amide bonds. The zero-order valence-corrected chi connectivity index (χ0v) is 12.7. The van der Waals surface area contributed by atoms with Crippen molar-refractivity contribution in [2.24, 2.45) is 5.92 Å². The number of amides is 1. The Morgan fingerprint density at radius 3 is 2.88 bits per heavy atom. The van der Waals surface area contributed by atoms with E-state index in [0.717, 1.165) is 34.7 Å². The number of aromatic nitrogens is 2. The standard InChI is InChI=1S/C16H16F3N3O2/c17-16(18,19)14-5-6-22(21-14)9-15(23)20-8-11-7-12-3-1-2-4-13(12)24-10-11/h1-6,11H,7-10H2,(H,20,23). The summed E-state index contributed by atoms with van der Waals surface area (Å²) in [6.45, 7) is 0.651. The molecular weight excluding hydrogens is 323 g/mol. The predicted molar refractivity (Wildman–Crippen MR) is 79.4 cm³/mol. The van der Waals surface area contributed by atoms with Crippen molar-refractivity contribution in [3.8, 4) is 5.75 Å². The minimum Gasteiger partial charge on any atom is -0.493 e. The molecule has 8 heteroatoms. The third kappa shape index (κ3) is 3.87. The number of carbonyl (C=O) groups is 1. The summed E-state index contributed by atoms with van der Waals surface area (Å²) in [4.78, 5) is 11.9. The number of rotatable bonds is 4. The smallest absolute Gasteiger partial charge is 0.435 e. The number of ether oxygens (including phenoxy) is 1. The molecule has 24 heavy (non-hydrogen) atoms. The van der Waals surface area contributed by atoms with Crippen LogP contribution >= 0.6 is 0 Å². The van der Waals surface area contributed by atoms with E-state index in [4.69, 9.17) is 4.74 Å². The van der Waals surface area contributed by atoms with Crippen LogP contribution in [-0.4, -0.2) is 28.8 Å². The summed E-state index contributed by atoms with van der Waals surface area (Å²) in [6, 6.07) is 8.56. The number of hydrogen-bond acceptors (Lipinski definition) is 3. The Labute approximate surface area is 136 Å². The Morgan fingerprint density at radius 2 is 2.12 bits per heavy atom. The van der Waals surface area contributed by atoms with Crippen molar-refractivity contribution in [1.82, 2.24) is 15.1 Å². The second-order valence-corrected chi connectivity index (χ2v) is 5.69. The lowest BCUT2D eigenvalue weighted by Gasteiger charge is -2.25. The van der Waals surface area contributed by atoms with Gasteiger partial charge in [0.2, 0.25) is 5.91 Å². The van der Waals surface area contributed by atoms with Gasteiger partial charge in [-0.2, -0.15) is 18.3 Å². The number of nitrogens with zero attached hydrogens (tertiary/aromatic N) is 2. The fraction of sp³-hybridized carbons (Fsp3) is 0.375. The highest BCUT2D eigenvalue weighted by molar-refractivity contribution is 5.75. The van der Waals surface area contributed by atoms with Crippen molar-refractivity contribution in [3.63, 3.8) is 0 Å². The minimum absolute atomic E-state index is 0.132. The first-order valence-corrected chi connectivity index (χ1v) is 7.50. The van der Waals surface area contributed by atoms with Crippen molar-refractivity contribution in [1.29, 1.82) is 0 Å². The predicted octanol–water partition coefficient (Wildman–Crippen LogP) is 2.27. The van der Waals surface area contributed by atoms with Gasteiger partial charge >= 0.3 is 6.18 Å². The minimum atomic E-state index is -4.51. The molecule has 1 unspecified atom stereocenters. The van der Waals surface area contributed by atoms with E-state index in [9.17, 15) is 18.0 Å². The van der Waals surface area contributed by atoms with E-state index >= 15 is 0 Å². The fourth-order valence-electron chi connectivity index (χ4n) is 2.58. The number of para-hydroxylation sites is 1. The number of nitrogens with one attached hydrogen (secondary N) is 1. The van der Waals surface area contributed by atoms with E-state index in [1.165, 1.54) is 0 Å². The van der Waals surface area contributed by atoms with Crippen molar-refractivity contribution in [3.05, 3.63) is 47.8 Å². The van der Waals surface area contributed by atoms with E-state index in [0.29, 0.717) is 13.2 Å². The third-order valence-electron chi connectivity index (χ3n) is 3.78. The molecule has 2 aromatic rings. The Morgan fingerprint density at radius 1 is 1.33 bits per heavy atom. The average molecular weight is 339 g/mol. The molecule has 1 N–H and O–H groups in total. The van der Waals surface area contributed by atoms with Gasteiger partial charge in [0.1, 0.15) is 12.3 Å². The van der Waals surface area contributed by atoms with Gasteiger partial charge in [-0.3, -0.25) is 9.48 Å². The SMILES string of the molecule is O=C(Cn1ccc(C(F)(F)F)n1)NCC1COc2ccccc2C1. The van der Waals surface area contributed by atoms with E-state index in [1.807, 2.05) is 24.3 Å². The maximum absolute atomic E-state index is 12.5. The molecule has 0 spiro atoms. The number of hydrogen-bond donors (Lipinski definition) is 1. The summed E-state index contributed by atoms with van der Waals surface area (Å²) in [6.07, 6.45) is -2.58. The van der Waals surface area contributed by atoms with Gasteiger partial charge in [0.15, 0.2) is 5.69 Å². The molecule has 5 nitrogen and oxygen atoms in total. The Hall–Kier alpha value is -2.51. The lowest BCUT2D eigenvalue weighted by Crippen LogP contribution is -2.36. The molecule has 0 radical (unpaired) electrons. The second kappa shape index (κ2) is 6.54. The summed E-state index contributed by atoms with van der Waals surface area (Å²) < 4.78 is 44.0. The molecule has 0 bridgehead atoms. The van der Waals surface area contributed by atoms with Crippen LogP contribution in [0.15, 0.2) is 36.5 Å². The van der Waals surface area contributed by atoms with Gasteiger partial charge in [0, 0.05) is 18.7 Å². The van der Waals surface area contributed by atoms with Crippen LogP contribution in [0.2, 0.25) is 0 Å². The molecule has 1 aromatic heterocycles. The topological polar surface area (TPSA) is 56.2 Å². The molecule has 2 heterocycles. The summed E-state index contributed by atoms with van der Waals surface area (Å²) >= 11 is 0. The third-order valence-corrected chi connectivity index (χ3v) is 3.78. The molecule has 0 saturated carbocycles. The highest BCUT2D eigenvalue weighted by atomic mass is 19.4. The van der Waals surface area contributed by atoms with Gasteiger partial charge < -0.3 is 10.1 Å². The van der Waals surface area contributed by atoms with Gasteiger partial charge in [-0.15, -0.1) is 0 Å². The van der Waals surface area contributed by atoms with E-state index in [1.54, 1.807) is 0 Å². The van der Waals surface area contributed by atoms with Crippen LogP contribution in [0.4, 0.5) is 13.2 Å². The molecule has 128 valence electrons. The molecule has 0 fully saturated rings. The van der Waals surface area contributed by atoms with E-state index in [2.05, 4.69) is 10.4 Å². The number of halogens is 3. The Balaban J connectivity index is 1.49. The van der Waals surface area contributed by atoms with Crippen LogP contribution in [0, 0.1) is 5.92 Å². The van der Waals surface area contributed by atoms with Crippen LogP contribution in [0.5, 0.6) is 5.75 Å². The Kier molecular flexibility index (Phi) is 4.46. The maximum atomic E-state index is 12.5. The number of alkyl halides is 3. The maximum Gasteiger partial charge on any atom is 0.435 e. The molecule has 0 saturated heterocycles. The highest BCUT2D eigenvalue weighted by Crippen LogP contribution is 2.27. The summed E-state index contributed by atoms with van der Waals surface area (Å²) in [5.41, 5.74) is 0.0810. The van der Waals surface area contributed by atoms with Crippen LogP contribution in [0.3, 0.4) is 0 Å². The van der Waals surface area contributed by atoms with Gasteiger partial charge in [-0.1, -0.05) is 18.2 Å². The number of carbonyl (C=O) groups excluding carboxylic acids is 1. The highest BCUT2D eigenvalue weighted by Gasteiger charge is 2.33. The quantitative estimate of drug-likeness (QED) is 0.930. The van der Waals surface area contributed by atoms with Crippen LogP contribution in [0.1, 0.15) is 11.3 Å². The Bertz CT molecular complexity index is 727. The van der Waals surface area contributed by atoms with Crippen LogP contribution < -0.4 is 10.1 Å². The van der Waals surface area contributed by atoms with Crippen molar-refractivity contribution in [2.45, 2.75) is 19.1 Å². The fourth-order valence-corrected chi connectivity index (χ4v) is 2.58. The molecule has 1 atom stereocenters. The summed E-state index contributed by atoms with van der Waals surface area (Å²) in [7, 11) is 0. The van der Waals surface area contributed by atoms with Crippen molar-refractivity contribution < 1.29 is 22.7 Å². The normalized spacial score (nSPS) is 17.0. The molecule has 1 aliphatic rings. The van der Waals surface area contributed by atoms with Crippen LogP contribution in [0.25, 0.3) is 0 Å². The largest absolute Gasteiger partial charge is 0.493 e. The zero-order valence-electron chi connectivity index (χ0n) is 12.7. The number of fused-ring (bicyclic) bond motifs is 1. The van der Waals surface area contributed by atoms with Gasteiger partial charge in [-0.25, -0.2) is 0 Å². The summed E-state index contributed by atoms with van der Waals surface area (Å²) in [5, 5.41) is 6.07. The second-order valence-electron chi connectivity index (χ2n) is 5.69. The van der Waals surface area contributed by atoms with Crippen molar-refractivity contribution >= 4 is 5.91 Å². The molecule has 1 aromatic carbocycles. The van der Waals surface area contributed by atoms with Gasteiger partial charge in [-0.05, 0) is 24.1 Å². The monoisotopic (exact) mass is 339 g/mol. The van der Waals surface area contributed by atoms with Gasteiger partial charge in [0.25, 0.3) is 0 Å². The van der Waals surface area contributed by atoms with Crippen molar-refractivity contribution in [2.75, 3.05) is 13.2 Å². The lowest BCUT2D eigenvalue weighted by atomic mass is 9.97. The zero-order chi connectivity index (χ0) is 17.2. The first kappa shape index (κ1) is 16.4. The average Bonchev–Trinajstić information content (AvgIpc) is 3.01. The molecular formula is C16H16F3N3O2. The van der Waals surface area contributed by atoms with Gasteiger partial charge in [0.05, 0.1) is 6.61 Å². The first-order chi connectivity index (χ1) is 11.4. The lowest BCUT2D eigenvalue weighted by molar-refractivity contribution is -0.141. The molecule has 0 aliphatic carbocycles. The molecule has 1 aliphatic heterocycles. The van der Waals surface area contributed by atoms with E-state index < -0.39 is 11.9 Å². The summed E-state index contributed by atoms with van der Waals surface area (Å²) in [5.74, 6) is 0.606. The van der Waals surface area contributed by atoms with E-state index in [-0.39, 0.29) is 18.4 Å². The van der Waals surface area contributed by atoms with Crippen LogP contribution in [-0.2, 0) is 23.9 Å². The number of benzene rings is 1. The first-order valence-electron chi connectivity index (χ1n) is 7.50.